The molecule has 2 aromatic heterocycles. The molecule has 0 saturated heterocycles. The van der Waals surface area contributed by atoms with Gasteiger partial charge in [-0.15, -0.1) is 10.2 Å². The molecule has 0 aliphatic heterocycles. The van der Waals surface area contributed by atoms with E-state index in [4.69, 9.17) is 15.2 Å². The number of hydrogen-bond acceptors (Lipinski definition) is 10. The standard InChI is InChI=1S/C20H20N6O4S/c21-8-16(27)10-29-11-30-19(28)13-3-1-2-12(6-13)18-25-26-20(31-18)23-15-4-5-17-14(7-15)9-22-24-17/h1-7,9,16,27H,8,10-11,21H2,(H,22,24)(H,23,26). The van der Waals surface area contributed by atoms with Crippen molar-refractivity contribution in [2.75, 3.05) is 25.3 Å². The van der Waals surface area contributed by atoms with Crippen molar-refractivity contribution >= 4 is 39.0 Å². The lowest BCUT2D eigenvalue weighted by Gasteiger charge is -2.09. The summed E-state index contributed by atoms with van der Waals surface area (Å²) >= 11 is 1.36. The van der Waals surface area contributed by atoms with Gasteiger partial charge in [-0.1, -0.05) is 23.5 Å². The van der Waals surface area contributed by atoms with Crippen LogP contribution in [0.5, 0.6) is 0 Å². The molecule has 0 spiro atoms. The SMILES string of the molecule is NCC(O)COCOC(=O)c1cccc(-c2nnc(Nc3ccc4[nH]ncc4c3)s2)c1. The number of carbonyl (C=O) groups excluding carboxylic acids is 1. The first-order valence-corrected chi connectivity index (χ1v) is 10.2. The minimum absolute atomic E-state index is 0.00207. The average Bonchev–Trinajstić information content (AvgIpc) is 3.45. The van der Waals surface area contributed by atoms with E-state index in [0.717, 1.165) is 22.2 Å². The molecule has 0 aliphatic rings. The highest BCUT2D eigenvalue weighted by molar-refractivity contribution is 7.18. The summed E-state index contributed by atoms with van der Waals surface area (Å²) in [7, 11) is 0. The predicted octanol–water partition coefficient (Wildman–Crippen LogP) is 2.28. The molecule has 0 fully saturated rings. The fraction of sp³-hybridized carbons (Fsp3) is 0.200. The van der Waals surface area contributed by atoms with Gasteiger partial charge in [0.05, 0.1) is 30.0 Å². The number of aliphatic hydroxyl groups excluding tert-OH is 1. The maximum Gasteiger partial charge on any atom is 0.340 e. The van der Waals surface area contributed by atoms with Crippen LogP contribution in [0.4, 0.5) is 10.8 Å². The molecule has 160 valence electrons. The van der Waals surface area contributed by atoms with Crippen molar-refractivity contribution in [3.05, 3.63) is 54.2 Å². The Morgan fingerprint density at radius 1 is 1.26 bits per heavy atom. The number of esters is 1. The van der Waals surface area contributed by atoms with Gasteiger partial charge in [-0.2, -0.15) is 5.10 Å². The van der Waals surface area contributed by atoms with Crippen LogP contribution in [-0.4, -0.2) is 57.5 Å². The Morgan fingerprint density at radius 3 is 3.03 bits per heavy atom. The quantitative estimate of drug-likeness (QED) is 0.175. The number of aliphatic hydroxyl groups is 1. The predicted molar refractivity (Wildman–Crippen MR) is 116 cm³/mol. The van der Waals surface area contributed by atoms with Crippen LogP contribution in [0.1, 0.15) is 10.4 Å². The minimum Gasteiger partial charge on any atom is -0.435 e. The Kier molecular flexibility index (Phi) is 6.48. The van der Waals surface area contributed by atoms with Crippen LogP contribution < -0.4 is 11.1 Å². The third kappa shape index (κ3) is 5.22. The van der Waals surface area contributed by atoms with Crippen LogP contribution in [0, 0.1) is 0 Å². The highest BCUT2D eigenvalue weighted by Crippen LogP contribution is 2.29. The highest BCUT2D eigenvalue weighted by atomic mass is 32.1. The van der Waals surface area contributed by atoms with Crippen molar-refractivity contribution in [3.8, 4) is 10.6 Å². The summed E-state index contributed by atoms with van der Waals surface area (Å²) in [5, 5.41) is 30.1. The molecule has 0 radical (unpaired) electrons. The summed E-state index contributed by atoms with van der Waals surface area (Å²) in [4.78, 5) is 12.2. The van der Waals surface area contributed by atoms with Crippen molar-refractivity contribution in [1.82, 2.24) is 20.4 Å². The van der Waals surface area contributed by atoms with Gasteiger partial charge < -0.3 is 25.6 Å². The normalized spacial score (nSPS) is 12.1. The van der Waals surface area contributed by atoms with Crippen molar-refractivity contribution in [1.29, 1.82) is 0 Å². The zero-order chi connectivity index (χ0) is 21.6. The number of rotatable bonds is 9. The Hall–Kier alpha value is -3.38. The molecule has 10 nitrogen and oxygen atoms in total. The van der Waals surface area contributed by atoms with Gasteiger partial charge in [0.25, 0.3) is 0 Å². The van der Waals surface area contributed by atoms with Crippen LogP contribution in [0.15, 0.2) is 48.7 Å². The molecule has 0 bridgehead atoms. The van der Waals surface area contributed by atoms with Crippen molar-refractivity contribution in [3.63, 3.8) is 0 Å². The lowest BCUT2D eigenvalue weighted by molar-refractivity contribution is -0.0554. The fourth-order valence-electron chi connectivity index (χ4n) is 2.74. The number of hydrogen-bond donors (Lipinski definition) is 4. The van der Waals surface area contributed by atoms with E-state index in [1.807, 2.05) is 24.3 Å². The number of ether oxygens (including phenoxy) is 2. The molecule has 1 unspecified atom stereocenters. The summed E-state index contributed by atoms with van der Waals surface area (Å²) in [5.74, 6) is -0.541. The van der Waals surface area contributed by atoms with E-state index in [1.54, 1.807) is 24.4 Å². The summed E-state index contributed by atoms with van der Waals surface area (Å²) in [6.07, 6.45) is 0.964. The van der Waals surface area contributed by atoms with Crippen LogP contribution in [0.3, 0.4) is 0 Å². The second kappa shape index (κ2) is 9.62. The van der Waals surface area contributed by atoms with Crippen LogP contribution in [0.2, 0.25) is 0 Å². The van der Waals surface area contributed by atoms with Crippen LogP contribution in [0.25, 0.3) is 21.5 Å². The van der Waals surface area contributed by atoms with Gasteiger partial charge in [-0.3, -0.25) is 5.10 Å². The number of benzene rings is 2. The zero-order valence-electron chi connectivity index (χ0n) is 16.3. The van der Waals surface area contributed by atoms with Crippen molar-refractivity contribution in [2.24, 2.45) is 5.73 Å². The molecular formula is C20H20N6O4S. The molecule has 4 aromatic rings. The minimum atomic E-state index is -0.788. The first kappa shape index (κ1) is 20.9. The molecular weight excluding hydrogens is 420 g/mol. The Labute approximate surface area is 181 Å². The van der Waals surface area contributed by atoms with E-state index in [-0.39, 0.29) is 19.9 Å². The van der Waals surface area contributed by atoms with E-state index in [9.17, 15) is 9.90 Å². The molecule has 4 rings (SSSR count). The molecule has 0 saturated carbocycles. The van der Waals surface area contributed by atoms with E-state index >= 15 is 0 Å². The maximum atomic E-state index is 12.2. The molecule has 2 aromatic carbocycles. The lowest BCUT2D eigenvalue weighted by atomic mass is 10.1. The monoisotopic (exact) mass is 440 g/mol. The Balaban J connectivity index is 1.39. The van der Waals surface area contributed by atoms with Gasteiger partial charge in [0.2, 0.25) is 5.13 Å². The lowest BCUT2D eigenvalue weighted by Crippen LogP contribution is -2.26. The summed E-state index contributed by atoms with van der Waals surface area (Å²) < 4.78 is 10.1. The topological polar surface area (TPSA) is 148 Å². The summed E-state index contributed by atoms with van der Waals surface area (Å²) in [6.45, 7) is -0.196. The zero-order valence-corrected chi connectivity index (χ0v) is 17.1. The largest absolute Gasteiger partial charge is 0.435 e. The summed E-state index contributed by atoms with van der Waals surface area (Å²) in [6, 6.07) is 12.7. The number of H-pyrrole nitrogens is 1. The third-order valence-electron chi connectivity index (χ3n) is 4.32. The molecule has 31 heavy (non-hydrogen) atoms. The number of anilines is 2. The van der Waals surface area contributed by atoms with E-state index in [1.165, 1.54) is 11.3 Å². The maximum absolute atomic E-state index is 12.2. The number of nitrogens with two attached hydrogens (primary N) is 1. The van der Waals surface area contributed by atoms with Crippen molar-refractivity contribution < 1.29 is 19.4 Å². The number of nitrogens with one attached hydrogen (secondary N) is 2. The first-order valence-electron chi connectivity index (χ1n) is 9.39. The van der Waals surface area contributed by atoms with E-state index < -0.39 is 12.1 Å². The molecule has 0 amide bonds. The first-order chi connectivity index (χ1) is 15.1. The number of nitrogens with zero attached hydrogens (tertiary/aromatic N) is 3. The Morgan fingerprint density at radius 2 is 2.16 bits per heavy atom. The van der Waals surface area contributed by atoms with Crippen molar-refractivity contribution in [2.45, 2.75) is 6.10 Å². The van der Waals surface area contributed by atoms with Gasteiger partial charge in [-0.25, -0.2) is 4.79 Å². The van der Waals surface area contributed by atoms with Gasteiger partial charge in [0.15, 0.2) is 6.79 Å². The number of carbonyl (C=O) groups is 1. The van der Waals surface area contributed by atoms with Gasteiger partial charge in [0.1, 0.15) is 5.01 Å². The van der Waals surface area contributed by atoms with Gasteiger partial charge >= 0.3 is 5.97 Å². The Bertz CT molecular complexity index is 1180. The average molecular weight is 440 g/mol. The second-order valence-electron chi connectivity index (χ2n) is 6.60. The molecule has 1 atom stereocenters. The smallest absolute Gasteiger partial charge is 0.340 e. The van der Waals surface area contributed by atoms with Gasteiger partial charge in [-0.05, 0) is 30.3 Å². The van der Waals surface area contributed by atoms with Gasteiger partial charge in [0, 0.05) is 23.2 Å². The fourth-order valence-corrected chi connectivity index (χ4v) is 3.50. The summed E-state index contributed by atoms with van der Waals surface area (Å²) in [5.41, 5.74) is 8.20. The molecule has 0 aliphatic carbocycles. The number of aromatic amines is 1. The van der Waals surface area contributed by atoms with E-state index in [0.29, 0.717) is 15.7 Å². The second-order valence-corrected chi connectivity index (χ2v) is 7.58. The molecule has 2 heterocycles. The molecule has 5 N–H and O–H groups in total. The molecule has 11 heteroatoms. The highest BCUT2D eigenvalue weighted by Gasteiger charge is 2.12. The number of fused-ring (bicyclic) bond motifs is 1. The number of aromatic nitrogens is 4. The third-order valence-corrected chi connectivity index (χ3v) is 5.21. The van der Waals surface area contributed by atoms with E-state index in [2.05, 4.69) is 25.7 Å². The van der Waals surface area contributed by atoms with Crippen LogP contribution in [-0.2, 0) is 9.47 Å². The van der Waals surface area contributed by atoms with Crippen LogP contribution >= 0.6 is 11.3 Å².